The van der Waals surface area contributed by atoms with Gasteiger partial charge in [-0.1, -0.05) is 17.7 Å². The summed E-state index contributed by atoms with van der Waals surface area (Å²) in [6.45, 7) is 1.28. The van der Waals surface area contributed by atoms with E-state index >= 15 is 0 Å². The number of H-pyrrole nitrogens is 1. The Morgan fingerprint density at radius 2 is 2.21 bits per heavy atom. The Hall–Kier alpha value is -1.88. The molecule has 0 bridgehead atoms. The van der Waals surface area contributed by atoms with Crippen molar-refractivity contribution in [2.45, 2.75) is 13.0 Å². The van der Waals surface area contributed by atoms with Crippen LogP contribution in [-0.4, -0.2) is 16.7 Å². The monoisotopic (exact) mass is 279 g/mol. The average molecular weight is 280 g/mol. The lowest BCUT2D eigenvalue weighted by Crippen LogP contribution is -2.32. The number of nitrogens with one attached hydrogen (secondary N) is 1. The van der Waals surface area contributed by atoms with Crippen LogP contribution in [0.4, 0.5) is 10.1 Å². The van der Waals surface area contributed by atoms with Crippen LogP contribution in [0.1, 0.15) is 11.1 Å². The maximum absolute atomic E-state index is 13.1. The molecule has 0 unspecified atom stereocenters. The second-order valence-electron chi connectivity index (χ2n) is 4.48. The van der Waals surface area contributed by atoms with E-state index in [9.17, 15) is 9.18 Å². The van der Waals surface area contributed by atoms with Crippen LogP contribution in [-0.2, 0) is 13.0 Å². The van der Waals surface area contributed by atoms with Crippen LogP contribution >= 0.6 is 11.6 Å². The zero-order valence-electron chi connectivity index (χ0n) is 9.99. The van der Waals surface area contributed by atoms with Crippen molar-refractivity contribution in [1.82, 2.24) is 10.2 Å². The third kappa shape index (κ3) is 2.21. The molecule has 0 amide bonds. The van der Waals surface area contributed by atoms with E-state index in [4.69, 9.17) is 11.6 Å². The molecule has 0 saturated carbocycles. The summed E-state index contributed by atoms with van der Waals surface area (Å²) >= 11 is 5.99. The topological polar surface area (TPSA) is 49.0 Å². The highest BCUT2D eigenvalue weighted by atomic mass is 35.5. The number of fused-ring (bicyclic) bond motifs is 1. The normalized spacial score (nSPS) is 14.3. The van der Waals surface area contributed by atoms with Gasteiger partial charge in [-0.05, 0) is 29.7 Å². The fourth-order valence-corrected chi connectivity index (χ4v) is 2.53. The van der Waals surface area contributed by atoms with Crippen LogP contribution in [0.15, 0.2) is 29.2 Å². The Morgan fingerprint density at radius 3 is 3.05 bits per heavy atom. The van der Waals surface area contributed by atoms with Crippen molar-refractivity contribution >= 4 is 17.3 Å². The molecule has 2 heterocycles. The number of aromatic nitrogens is 2. The number of hydrogen-bond donors (Lipinski definition) is 1. The van der Waals surface area contributed by atoms with Crippen LogP contribution in [0, 0.1) is 5.82 Å². The van der Waals surface area contributed by atoms with Crippen LogP contribution in [0.2, 0.25) is 5.02 Å². The first-order valence-electron chi connectivity index (χ1n) is 5.90. The minimum Gasteiger partial charge on any atom is -0.364 e. The van der Waals surface area contributed by atoms with Crippen molar-refractivity contribution in [2.75, 3.05) is 11.4 Å². The standard InChI is InChI=1S/C13H11ClFN3O/c14-12-11(6-16-17-13(12)19)18-4-3-8-5-10(15)2-1-9(8)7-18/h1-2,5-6H,3-4,7H2,(H,17,19). The van der Waals surface area contributed by atoms with E-state index in [1.54, 1.807) is 12.1 Å². The molecule has 0 saturated heterocycles. The first kappa shape index (κ1) is 12.2. The molecule has 0 aliphatic carbocycles. The average Bonchev–Trinajstić information content (AvgIpc) is 2.41. The summed E-state index contributed by atoms with van der Waals surface area (Å²) in [5, 5.41) is 6.20. The lowest BCUT2D eigenvalue weighted by atomic mass is 9.99. The van der Waals surface area contributed by atoms with Crippen molar-refractivity contribution in [2.24, 2.45) is 0 Å². The summed E-state index contributed by atoms with van der Waals surface area (Å²) in [7, 11) is 0. The molecule has 0 spiro atoms. The molecule has 1 aromatic heterocycles. The second kappa shape index (κ2) is 4.66. The van der Waals surface area contributed by atoms with E-state index in [0.29, 0.717) is 18.8 Å². The molecule has 0 radical (unpaired) electrons. The maximum Gasteiger partial charge on any atom is 0.285 e. The van der Waals surface area contributed by atoms with Gasteiger partial charge in [-0.3, -0.25) is 4.79 Å². The Labute approximate surface area is 113 Å². The molecule has 2 aromatic rings. The van der Waals surface area contributed by atoms with Crippen molar-refractivity contribution in [3.8, 4) is 0 Å². The molecule has 19 heavy (non-hydrogen) atoms. The van der Waals surface area contributed by atoms with Gasteiger partial charge in [0.2, 0.25) is 0 Å². The lowest BCUT2D eigenvalue weighted by molar-refractivity contribution is 0.619. The molecular weight excluding hydrogens is 269 g/mol. The van der Waals surface area contributed by atoms with E-state index in [1.165, 1.54) is 12.3 Å². The predicted octanol–water partition coefficient (Wildman–Crippen LogP) is 2.13. The summed E-state index contributed by atoms with van der Waals surface area (Å²) in [5.41, 5.74) is 2.26. The zero-order valence-corrected chi connectivity index (χ0v) is 10.7. The number of anilines is 1. The molecule has 98 valence electrons. The van der Waals surface area contributed by atoms with Gasteiger partial charge in [-0.2, -0.15) is 5.10 Å². The third-order valence-corrected chi connectivity index (χ3v) is 3.66. The molecule has 1 aromatic carbocycles. The van der Waals surface area contributed by atoms with Gasteiger partial charge >= 0.3 is 0 Å². The Balaban J connectivity index is 1.96. The molecule has 1 aliphatic rings. The first-order valence-corrected chi connectivity index (χ1v) is 6.28. The molecule has 0 fully saturated rings. The fourth-order valence-electron chi connectivity index (χ4n) is 2.32. The van der Waals surface area contributed by atoms with Crippen LogP contribution in [0.3, 0.4) is 0 Å². The second-order valence-corrected chi connectivity index (χ2v) is 4.86. The summed E-state index contributed by atoms with van der Waals surface area (Å²) in [6.07, 6.45) is 2.26. The van der Waals surface area contributed by atoms with Crippen molar-refractivity contribution in [1.29, 1.82) is 0 Å². The summed E-state index contributed by atoms with van der Waals surface area (Å²) in [5.74, 6) is -0.219. The van der Waals surface area contributed by atoms with Gasteiger partial charge in [0.05, 0.1) is 11.9 Å². The van der Waals surface area contributed by atoms with Gasteiger partial charge in [-0.25, -0.2) is 9.49 Å². The summed E-state index contributed by atoms with van der Waals surface area (Å²) in [4.78, 5) is 13.4. The van der Waals surface area contributed by atoms with Gasteiger partial charge < -0.3 is 4.90 Å². The van der Waals surface area contributed by atoms with Crippen LogP contribution < -0.4 is 10.5 Å². The smallest absolute Gasteiger partial charge is 0.285 e. The highest BCUT2D eigenvalue weighted by Gasteiger charge is 2.20. The molecular formula is C13H11ClFN3O. The van der Waals surface area contributed by atoms with E-state index < -0.39 is 5.56 Å². The number of benzene rings is 1. The number of rotatable bonds is 1. The Bertz CT molecular complexity index is 686. The Kier molecular flexibility index (Phi) is 2.98. The molecule has 3 rings (SSSR count). The first-order chi connectivity index (χ1) is 9.15. The summed E-state index contributed by atoms with van der Waals surface area (Å²) in [6, 6.07) is 4.77. The van der Waals surface area contributed by atoms with Gasteiger partial charge in [-0.15, -0.1) is 0 Å². The maximum atomic E-state index is 13.1. The molecule has 0 atom stereocenters. The number of halogens is 2. The zero-order chi connectivity index (χ0) is 13.4. The molecule has 1 aliphatic heterocycles. The number of aromatic amines is 1. The number of hydrogen-bond acceptors (Lipinski definition) is 3. The third-order valence-electron chi connectivity index (χ3n) is 3.30. The van der Waals surface area contributed by atoms with Crippen LogP contribution in [0.5, 0.6) is 0 Å². The van der Waals surface area contributed by atoms with Gasteiger partial charge in [0.1, 0.15) is 10.8 Å². The summed E-state index contributed by atoms with van der Waals surface area (Å²) < 4.78 is 13.1. The van der Waals surface area contributed by atoms with E-state index in [1.807, 2.05) is 4.90 Å². The SMILES string of the molecule is O=c1[nH]ncc(N2CCc3cc(F)ccc3C2)c1Cl. The van der Waals surface area contributed by atoms with Gasteiger partial charge in [0, 0.05) is 13.1 Å². The predicted molar refractivity (Wildman–Crippen MR) is 71.0 cm³/mol. The minimum atomic E-state index is -0.399. The van der Waals surface area contributed by atoms with E-state index in [2.05, 4.69) is 10.2 Å². The fraction of sp³-hybridized carbons (Fsp3) is 0.231. The Morgan fingerprint density at radius 1 is 1.37 bits per heavy atom. The molecule has 4 nitrogen and oxygen atoms in total. The van der Waals surface area contributed by atoms with Gasteiger partial charge in [0.15, 0.2) is 0 Å². The minimum absolute atomic E-state index is 0.139. The van der Waals surface area contributed by atoms with Crippen molar-refractivity contribution in [3.05, 3.63) is 56.7 Å². The number of nitrogens with zero attached hydrogens (tertiary/aromatic N) is 2. The molecule has 1 N–H and O–H groups in total. The van der Waals surface area contributed by atoms with Gasteiger partial charge in [0.25, 0.3) is 5.56 Å². The van der Waals surface area contributed by atoms with E-state index in [0.717, 1.165) is 17.5 Å². The van der Waals surface area contributed by atoms with E-state index in [-0.39, 0.29) is 10.8 Å². The highest BCUT2D eigenvalue weighted by molar-refractivity contribution is 6.32. The van der Waals surface area contributed by atoms with Crippen molar-refractivity contribution < 1.29 is 4.39 Å². The van der Waals surface area contributed by atoms with Crippen molar-refractivity contribution in [3.63, 3.8) is 0 Å². The largest absolute Gasteiger partial charge is 0.364 e. The molecule has 6 heteroatoms. The van der Waals surface area contributed by atoms with Crippen LogP contribution in [0.25, 0.3) is 0 Å². The highest BCUT2D eigenvalue weighted by Crippen LogP contribution is 2.27. The lowest BCUT2D eigenvalue weighted by Gasteiger charge is -2.30. The quantitative estimate of drug-likeness (QED) is 0.870.